The molecule has 0 spiro atoms. The summed E-state index contributed by atoms with van der Waals surface area (Å²) in [6, 6.07) is 2.43. The third-order valence-electron chi connectivity index (χ3n) is 2.27. The first-order chi connectivity index (χ1) is 6.13. The molecule has 1 aromatic heterocycles. The Balaban J connectivity index is 2.49. The van der Waals surface area contributed by atoms with E-state index in [1.807, 2.05) is 24.0 Å². The number of nitrogens with two attached hydrogens (primary N) is 1. The van der Waals surface area contributed by atoms with Gasteiger partial charge >= 0.3 is 0 Å². The smallest absolute Gasteiger partial charge is 0.0764 e. The summed E-state index contributed by atoms with van der Waals surface area (Å²) in [6.07, 6.45) is 1.95. The number of aromatic nitrogens is 2. The van der Waals surface area contributed by atoms with Gasteiger partial charge < -0.3 is 5.73 Å². The monoisotopic (exact) mass is 182 g/mol. The lowest BCUT2D eigenvalue weighted by atomic mass is 10.3. The maximum Gasteiger partial charge on any atom is 0.0764 e. The van der Waals surface area contributed by atoms with E-state index in [-0.39, 0.29) is 0 Å². The SMILES string of the molecule is CC(CN)N(C)Cc1ccn(C)n1. The lowest BCUT2D eigenvalue weighted by Gasteiger charge is -2.21. The molecule has 4 heteroatoms. The Morgan fingerprint density at radius 1 is 1.69 bits per heavy atom. The van der Waals surface area contributed by atoms with Crippen LogP contribution < -0.4 is 5.73 Å². The Labute approximate surface area is 79.3 Å². The molecule has 0 aliphatic carbocycles. The maximum absolute atomic E-state index is 5.56. The van der Waals surface area contributed by atoms with E-state index < -0.39 is 0 Å². The van der Waals surface area contributed by atoms with Crippen LogP contribution in [0.1, 0.15) is 12.6 Å². The van der Waals surface area contributed by atoms with Gasteiger partial charge in [0, 0.05) is 32.4 Å². The van der Waals surface area contributed by atoms with E-state index >= 15 is 0 Å². The third-order valence-corrected chi connectivity index (χ3v) is 2.27. The van der Waals surface area contributed by atoms with Crippen molar-refractivity contribution >= 4 is 0 Å². The molecule has 1 atom stereocenters. The van der Waals surface area contributed by atoms with Gasteiger partial charge in [-0.25, -0.2) is 0 Å². The average Bonchev–Trinajstić information content (AvgIpc) is 2.49. The Kier molecular flexibility index (Phi) is 3.45. The second-order valence-electron chi connectivity index (χ2n) is 3.48. The Morgan fingerprint density at radius 3 is 2.85 bits per heavy atom. The lowest BCUT2D eigenvalue weighted by Crippen LogP contribution is -2.34. The second-order valence-corrected chi connectivity index (χ2v) is 3.48. The third kappa shape index (κ3) is 2.82. The van der Waals surface area contributed by atoms with Crippen LogP contribution in [0.5, 0.6) is 0 Å². The first-order valence-corrected chi connectivity index (χ1v) is 4.52. The molecule has 2 N–H and O–H groups in total. The van der Waals surface area contributed by atoms with Gasteiger partial charge in [-0.05, 0) is 20.0 Å². The van der Waals surface area contributed by atoms with Gasteiger partial charge in [-0.15, -0.1) is 0 Å². The van der Waals surface area contributed by atoms with Crippen molar-refractivity contribution in [1.82, 2.24) is 14.7 Å². The van der Waals surface area contributed by atoms with Gasteiger partial charge in [-0.3, -0.25) is 9.58 Å². The number of nitrogens with zero attached hydrogens (tertiary/aromatic N) is 3. The summed E-state index contributed by atoms with van der Waals surface area (Å²) in [5.41, 5.74) is 6.65. The highest BCUT2D eigenvalue weighted by atomic mass is 15.3. The Morgan fingerprint density at radius 2 is 2.38 bits per heavy atom. The van der Waals surface area contributed by atoms with Crippen molar-refractivity contribution < 1.29 is 0 Å². The quantitative estimate of drug-likeness (QED) is 0.723. The predicted octanol–water partition coefficient (Wildman–Crippen LogP) is 0.199. The summed E-state index contributed by atoms with van der Waals surface area (Å²) in [7, 11) is 3.99. The van der Waals surface area contributed by atoms with E-state index in [4.69, 9.17) is 5.73 Å². The first-order valence-electron chi connectivity index (χ1n) is 4.52. The zero-order valence-electron chi connectivity index (χ0n) is 8.57. The minimum Gasteiger partial charge on any atom is -0.329 e. The van der Waals surface area contributed by atoms with Gasteiger partial charge in [0.15, 0.2) is 0 Å². The van der Waals surface area contributed by atoms with E-state index in [1.54, 1.807) is 0 Å². The topological polar surface area (TPSA) is 47.1 Å². The minimum absolute atomic E-state index is 0.405. The predicted molar refractivity (Wildman–Crippen MR) is 53.2 cm³/mol. The number of hydrogen-bond acceptors (Lipinski definition) is 3. The molecule has 0 saturated carbocycles. The van der Waals surface area contributed by atoms with Gasteiger partial charge in [0.1, 0.15) is 0 Å². The zero-order chi connectivity index (χ0) is 9.84. The second kappa shape index (κ2) is 4.39. The summed E-state index contributed by atoms with van der Waals surface area (Å²) < 4.78 is 1.82. The molecular weight excluding hydrogens is 164 g/mol. The van der Waals surface area contributed by atoms with Crippen molar-refractivity contribution in [2.75, 3.05) is 13.6 Å². The molecule has 0 radical (unpaired) electrons. The van der Waals surface area contributed by atoms with Crippen molar-refractivity contribution in [3.05, 3.63) is 18.0 Å². The first kappa shape index (κ1) is 10.2. The van der Waals surface area contributed by atoms with Crippen molar-refractivity contribution in [3.8, 4) is 0 Å². The Hall–Kier alpha value is -0.870. The number of aryl methyl sites for hydroxylation is 1. The summed E-state index contributed by atoms with van der Waals surface area (Å²) in [5.74, 6) is 0. The van der Waals surface area contributed by atoms with Crippen LogP contribution in [0.2, 0.25) is 0 Å². The van der Waals surface area contributed by atoms with Crippen molar-refractivity contribution in [2.45, 2.75) is 19.5 Å². The average molecular weight is 182 g/mol. The van der Waals surface area contributed by atoms with Crippen LogP contribution in [-0.2, 0) is 13.6 Å². The van der Waals surface area contributed by atoms with Crippen LogP contribution >= 0.6 is 0 Å². The highest BCUT2D eigenvalue weighted by Gasteiger charge is 2.08. The van der Waals surface area contributed by atoms with Crippen molar-refractivity contribution in [1.29, 1.82) is 0 Å². The van der Waals surface area contributed by atoms with Crippen LogP contribution in [0.15, 0.2) is 12.3 Å². The van der Waals surface area contributed by atoms with Crippen LogP contribution in [0.3, 0.4) is 0 Å². The molecule has 0 amide bonds. The molecule has 13 heavy (non-hydrogen) atoms. The number of hydrogen-bond donors (Lipinski definition) is 1. The fourth-order valence-electron chi connectivity index (χ4n) is 1.14. The van der Waals surface area contributed by atoms with E-state index in [0.29, 0.717) is 12.6 Å². The minimum atomic E-state index is 0.405. The van der Waals surface area contributed by atoms with Gasteiger partial charge in [0.2, 0.25) is 0 Å². The van der Waals surface area contributed by atoms with E-state index in [2.05, 4.69) is 24.0 Å². The number of rotatable bonds is 4. The molecule has 0 fully saturated rings. The number of likely N-dealkylation sites (N-methyl/N-ethyl adjacent to an activating group) is 1. The van der Waals surface area contributed by atoms with Crippen LogP contribution in [0.25, 0.3) is 0 Å². The molecular formula is C9H18N4. The molecule has 1 aromatic rings. The van der Waals surface area contributed by atoms with E-state index in [1.165, 1.54) is 0 Å². The Bertz CT molecular complexity index is 256. The van der Waals surface area contributed by atoms with Gasteiger partial charge in [-0.1, -0.05) is 0 Å². The molecule has 1 heterocycles. The molecule has 74 valence electrons. The van der Waals surface area contributed by atoms with Crippen LogP contribution in [0.4, 0.5) is 0 Å². The molecule has 0 bridgehead atoms. The molecule has 4 nitrogen and oxygen atoms in total. The summed E-state index contributed by atoms with van der Waals surface area (Å²) >= 11 is 0. The fourth-order valence-corrected chi connectivity index (χ4v) is 1.14. The highest BCUT2D eigenvalue weighted by Crippen LogP contribution is 2.02. The van der Waals surface area contributed by atoms with Gasteiger partial charge in [0.25, 0.3) is 0 Å². The van der Waals surface area contributed by atoms with Crippen molar-refractivity contribution in [3.63, 3.8) is 0 Å². The molecule has 0 aliphatic heterocycles. The lowest BCUT2D eigenvalue weighted by molar-refractivity contribution is 0.251. The standard InChI is InChI=1S/C9H18N4/c1-8(6-10)12(2)7-9-4-5-13(3)11-9/h4-5,8H,6-7,10H2,1-3H3. The molecule has 0 saturated heterocycles. The van der Waals surface area contributed by atoms with Gasteiger partial charge in [-0.2, -0.15) is 5.10 Å². The summed E-state index contributed by atoms with van der Waals surface area (Å²) in [6.45, 7) is 3.66. The highest BCUT2D eigenvalue weighted by molar-refractivity contribution is 4.98. The van der Waals surface area contributed by atoms with E-state index in [0.717, 1.165) is 12.2 Å². The fraction of sp³-hybridized carbons (Fsp3) is 0.667. The van der Waals surface area contributed by atoms with E-state index in [9.17, 15) is 0 Å². The molecule has 1 unspecified atom stereocenters. The summed E-state index contributed by atoms with van der Waals surface area (Å²) in [4.78, 5) is 2.20. The maximum atomic E-state index is 5.56. The molecule has 1 rings (SSSR count). The van der Waals surface area contributed by atoms with Gasteiger partial charge in [0.05, 0.1) is 5.69 Å². The largest absolute Gasteiger partial charge is 0.329 e. The van der Waals surface area contributed by atoms with Crippen molar-refractivity contribution in [2.24, 2.45) is 12.8 Å². The van der Waals surface area contributed by atoms with Crippen LogP contribution in [0, 0.1) is 0 Å². The normalized spacial score (nSPS) is 13.6. The molecule has 0 aliphatic rings. The van der Waals surface area contributed by atoms with Crippen LogP contribution in [-0.4, -0.2) is 34.3 Å². The molecule has 0 aromatic carbocycles. The summed E-state index contributed by atoms with van der Waals surface area (Å²) in [5, 5.41) is 4.30. The zero-order valence-corrected chi connectivity index (χ0v) is 8.57.